The second kappa shape index (κ2) is 7.15. The van der Waals surface area contributed by atoms with Crippen molar-refractivity contribution in [1.82, 2.24) is 9.62 Å². The maximum absolute atomic E-state index is 13.2. The maximum atomic E-state index is 13.2. The number of halogens is 1. The van der Waals surface area contributed by atoms with Crippen molar-refractivity contribution in [1.29, 1.82) is 5.26 Å². The number of hydrogen-bond donors (Lipinski definition) is 1. The third-order valence-electron chi connectivity index (χ3n) is 2.90. The van der Waals surface area contributed by atoms with Crippen LogP contribution in [0.1, 0.15) is 19.4 Å². The lowest BCUT2D eigenvalue weighted by atomic mass is 10.2. The molecule has 1 aromatic carbocycles. The standard InChI is InChI=1S/C13H16FN3O3S/c1-3-17(4-2)13(18)9-16-21(19,20)11-5-6-12(14)10(7-11)8-15/h5-7,16H,3-4,9H2,1-2H3. The van der Waals surface area contributed by atoms with Crippen LogP contribution >= 0.6 is 0 Å². The molecular formula is C13H16FN3O3S. The predicted molar refractivity (Wildman–Crippen MR) is 74.2 cm³/mol. The Hall–Kier alpha value is -1.98. The van der Waals surface area contributed by atoms with Gasteiger partial charge in [0.05, 0.1) is 17.0 Å². The molecule has 0 unspecified atom stereocenters. The van der Waals surface area contributed by atoms with Gasteiger partial charge in [0.1, 0.15) is 11.9 Å². The minimum absolute atomic E-state index is 0.257. The Morgan fingerprint density at radius 2 is 2.00 bits per heavy atom. The molecule has 21 heavy (non-hydrogen) atoms. The van der Waals surface area contributed by atoms with Crippen molar-refractivity contribution in [2.75, 3.05) is 19.6 Å². The van der Waals surface area contributed by atoms with Crippen molar-refractivity contribution in [3.05, 3.63) is 29.6 Å². The fourth-order valence-electron chi connectivity index (χ4n) is 1.69. The van der Waals surface area contributed by atoms with Crippen LogP contribution in [0.3, 0.4) is 0 Å². The molecule has 8 heteroatoms. The Kier molecular flexibility index (Phi) is 5.81. The van der Waals surface area contributed by atoms with Gasteiger partial charge in [-0.1, -0.05) is 0 Å². The Morgan fingerprint density at radius 1 is 1.38 bits per heavy atom. The van der Waals surface area contributed by atoms with Crippen LogP contribution < -0.4 is 4.72 Å². The molecule has 6 nitrogen and oxygen atoms in total. The molecule has 1 rings (SSSR count). The molecular weight excluding hydrogens is 297 g/mol. The fraction of sp³-hybridized carbons (Fsp3) is 0.385. The van der Waals surface area contributed by atoms with Gasteiger partial charge in [-0.25, -0.2) is 17.5 Å². The highest BCUT2D eigenvalue weighted by Gasteiger charge is 2.19. The molecule has 0 aromatic heterocycles. The highest BCUT2D eigenvalue weighted by Crippen LogP contribution is 2.14. The largest absolute Gasteiger partial charge is 0.342 e. The zero-order valence-corrected chi connectivity index (χ0v) is 12.6. The molecule has 0 saturated carbocycles. The quantitative estimate of drug-likeness (QED) is 0.843. The first kappa shape index (κ1) is 17.1. The summed E-state index contributed by atoms with van der Waals surface area (Å²) in [4.78, 5) is 13.0. The Balaban J connectivity index is 2.88. The number of nitrogens with one attached hydrogen (secondary N) is 1. The number of benzene rings is 1. The number of likely N-dealkylation sites (N-methyl/N-ethyl adjacent to an activating group) is 1. The normalized spacial score (nSPS) is 11.0. The summed E-state index contributed by atoms with van der Waals surface area (Å²) in [6, 6.07) is 4.44. The number of carbonyl (C=O) groups excluding carboxylic acids is 1. The second-order valence-electron chi connectivity index (χ2n) is 4.14. The van der Waals surface area contributed by atoms with Gasteiger partial charge in [-0.05, 0) is 32.0 Å². The van der Waals surface area contributed by atoms with Gasteiger partial charge in [0.15, 0.2) is 0 Å². The highest BCUT2D eigenvalue weighted by molar-refractivity contribution is 7.89. The molecule has 0 aliphatic rings. The van der Waals surface area contributed by atoms with Gasteiger partial charge >= 0.3 is 0 Å². The number of nitriles is 1. The fourth-order valence-corrected chi connectivity index (χ4v) is 2.69. The Labute approximate surface area is 123 Å². The van der Waals surface area contributed by atoms with E-state index in [1.165, 1.54) is 4.90 Å². The lowest BCUT2D eigenvalue weighted by Crippen LogP contribution is -2.39. The number of rotatable bonds is 6. The lowest BCUT2D eigenvalue weighted by Gasteiger charge is -2.18. The van der Waals surface area contributed by atoms with Crippen LogP contribution in [0.2, 0.25) is 0 Å². The summed E-state index contributed by atoms with van der Waals surface area (Å²) >= 11 is 0. The molecule has 0 heterocycles. The third-order valence-corrected chi connectivity index (χ3v) is 4.30. The van der Waals surface area contributed by atoms with E-state index in [2.05, 4.69) is 4.72 Å². The summed E-state index contributed by atoms with van der Waals surface area (Å²) < 4.78 is 39.3. The van der Waals surface area contributed by atoms with Gasteiger partial charge in [0.25, 0.3) is 0 Å². The minimum atomic E-state index is -3.97. The van der Waals surface area contributed by atoms with E-state index < -0.39 is 15.8 Å². The molecule has 0 atom stereocenters. The van der Waals surface area contributed by atoms with Crippen molar-refractivity contribution in [2.45, 2.75) is 18.7 Å². The number of hydrogen-bond acceptors (Lipinski definition) is 4. The first-order valence-corrected chi connectivity index (χ1v) is 7.81. The first-order valence-electron chi connectivity index (χ1n) is 6.32. The van der Waals surface area contributed by atoms with E-state index in [4.69, 9.17) is 5.26 Å². The summed E-state index contributed by atoms with van der Waals surface area (Å²) in [6.45, 7) is 4.14. The molecule has 1 N–H and O–H groups in total. The van der Waals surface area contributed by atoms with Crippen molar-refractivity contribution in [3.8, 4) is 6.07 Å². The molecule has 0 aliphatic heterocycles. The van der Waals surface area contributed by atoms with Crippen molar-refractivity contribution >= 4 is 15.9 Å². The van der Waals surface area contributed by atoms with Crippen LogP contribution in [-0.2, 0) is 14.8 Å². The number of sulfonamides is 1. The number of nitrogens with zero attached hydrogens (tertiary/aromatic N) is 2. The van der Waals surface area contributed by atoms with E-state index in [1.807, 2.05) is 0 Å². The molecule has 1 aromatic rings. The summed E-state index contributed by atoms with van der Waals surface area (Å²) in [6.07, 6.45) is 0. The van der Waals surface area contributed by atoms with Crippen molar-refractivity contribution in [2.24, 2.45) is 0 Å². The van der Waals surface area contributed by atoms with E-state index in [-0.39, 0.29) is 22.9 Å². The van der Waals surface area contributed by atoms with Crippen molar-refractivity contribution < 1.29 is 17.6 Å². The lowest BCUT2D eigenvalue weighted by molar-refractivity contribution is -0.129. The zero-order valence-electron chi connectivity index (χ0n) is 11.8. The second-order valence-corrected chi connectivity index (χ2v) is 5.91. The average Bonchev–Trinajstić information content (AvgIpc) is 2.46. The SMILES string of the molecule is CCN(CC)C(=O)CNS(=O)(=O)c1ccc(F)c(C#N)c1. The van der Waals surface area contributed by atoms with E-state index in [1.54, 1.807) is 19.9 Å². The maximum Gasteiger partial charge on any atom is 0.241 e. The smallest absolute Gasteiger partial charge is 0.241 e. The molecule has 0 bridgehead atoms. The van der Waals surface area contributed by atoms with Gasteiger partial charge in [0, 0.05) is 13.1 Å². The topological polar surface area (TPSA) is 90.3 Å². The van der Waals surface area contributed by atoms with E-state index in [0.29, 0.717) is 13.1 Å². The summed E-state index contributed by atoms with van der Waals surface area (Å²) in [7, 11) is -3.97. The summed E-state index contributed by atoms with van der Waals surface area (Å²) in [5.74, 6) is -1.15. The predicted octanol–water partition coefficient (Wildman–Crippen LogP) is 0.844. The van der Waals surface area contributed by atoms with Crippen LogP contribution in [0.25, 0.3) is 0 Å². The van der Waals surface area contributed by atoms with Crippen LogP contribution in [0.5, 0.6) is 0 Å². The monoisotopic (exact) mass is 313 g/mol. The van der Waals surface area contributed by atoms with Gasteiger partial charge in [0.2, 0.25) is 15.9 Å². The third kappa shape index (κ3) is 4.24. The molecule has 0 saturated heterocycles. The van der Waals surface area contributed by atoms with Crippen LogP contribution in [0.4, 0.5) is 4.39 Å². The summed E-state index contributed by atoms with van der Waals surface area (Å²) in [5, 5.41) is 8.70. The average molecular weight is 313 g/mol. The van der Waals surface area contributed by atoms with Gasteiger partial charge in [-0.2, -0.15) is 5.26 Å². The molecule has 0 fully saturated rings. The highest BCUT2D eigenvalue weighted by atomic mass is 32.2. The van der Waals surface area contributed by atoms with Crippen LogP contribution in [0, 0.1) is 17.1 Å². The number of amides is 1. The van der Waals surface area contributed by atoms with E-state index in [0.717, 1.165) is 18.2 Å². The van der Waals surface area contributed by atoms with Crippen LogP contribution in [0.15, 0.2) is 23.1 Å². The minimum Gasteiger partial charge on any atom is -0.342 e. The Morgan fingerprint density at radius 3 is 2.52 bits per heavy atom. The van der Waals surface area contributed by atoms with Gasteiger partial charge in [-0.3, -0.25) is 4.79 Å². The molecule has 0 radical (unpaired) electrons. The van der Waals surface area contributed by atoms with Gasteiger partial charge in [-0.15, -0.1) is 0 Å². The molecule has 0 aliphatic carbocycles. The van der Waals surface area contributed by atoms with Gasteiger partial charge < -0.3 is 4.90 Å². The molecule has 1 amide bonds. The number of carbonyl (C=O) groups is 1. The van der Waals surface area contributed by atoms with E-state index in [9.17, 15) is 17.6 Å². The molecule has 114 valence electrons. The van der Waals surface area contributed by atoms with Crippen molar-refractivity contribution in [3.63, 3.8) is 0 Å². The zero-order chi connectivity index (χ0) is 16.0. The van der Waals surface area contributed by atoms with Crippen LogP contribution in [-0.4, -0.2) is 38.9 Å². The molecule has 0 spiro atoms. The Bertz CT molecular complexity index is 664. The summed E-state index contributed by atoms with van der Waals surface area (Å²) in [5.41, 5.74) is -0.368. The van der Waals surface area contributed by atoms with E-state index >= 15 is 0 Å². The first-order chi connectivity index (χ1) is 9.85.